The van der Waals surface area contributed by atoms with Crippen LogP contribution in [0.4, 0.5) is 0 Å². The van der Waals surface area contributed by atoms with Crippen LogP contribution in [0.15, 0.2) is 59.1 Å². The zero-order valence-corrected chi connectivity index (χ0v) is 13.7. The van der Waals surface area contributed by atoms with Crippen molar-refractivity contribution in [3.8, 4) is 0 Å². The van der Waals surface area contributed by atoms with Crippen LogP contribution in [0, 0.1) is 0 Å². The fourth-order valence-corrected chi connectivity index (χ4v) is 2.17. The lowest BCUT2D eigenvalue weighted by Gasteiger charge is -2.14. The van der Waals surface area contributed by atoms with Crippen molar-refractivity contribution in [2.45, 2.75) is 13.0 Å². The minimum atomic E-state index is -0.519. The average Bonchev–Trinajstić information content (AvgIpc) is 2.54. The van der Waals surface area contributed by atoms with Gasteiger partial charge in [-0.2, -0.15) is 0 Å². The first-order chi connectivity index (χ1) is 10.6. The molecule has 0 fully saturated rings. The number of carbonyl (C=O) groups is 2. The molecule has 0 aliphatic rings. The molecular formula is C17H16BrNO3. The first kappa shape index (κ1) is 16.2. The second-order valence-electron chi connectivity index (χ2n) is 4.78. The summed E-state index contributed by atoms with van der Waals surface area (Å²) in [7, 11) is 0. The summed E-state index contributed by atoms with van der Waals surface area (Å²) in [5.74, 6) is -0.850. The largest absolute Gasteiger partial charge is 0.452 e. The quantitative estimate of drug-likeness (QED) is 0.829. The van der Waals surface area contributed by atoms with Crippen molar-refractivity contribution in [3.05, 3.63) is 70.2 Å². The first-order valence-electron chi connectivity index (χ1n) is 6.83. The molecule has 2 rings (SSSR count). The van der Waals surface area contributed by atoms with E-state index in [-0.39, 0.29) is 18.6 Å². The standard InChI is InChI=1S/C17H16BrNO3/c1-12(13-5-3-2-4-6-13)19-16(20)11-22-17(21)14-7-9-15(18)10-8-14/h2-10,12H,11H2,1H3,(H,19,20). The van der Waals surface area contributed by atoms with Crippen LogP contribution >= 0.6 is 15.9 Å². The smallest absolute Gasteiger partial charge is 0.338 e. The molecule has 1 amide bonds. The van der Waals surface area contributed by atoms with Crippen molar-refractivity contribution in [1.82, 2.24) is 5.32 Å². The zero-order chi connectivity index (χ0) is 15.9. The van der Waals surface area contributed by atoms with Gasteiger partial charge in [-0.25, -0.2) is 4.79 Å². The van der Waals surface area contributed by atoms with Crippen LogP contribution in [0.3, 0.4) is 0 Å². The topological polar surface area (TPSA) is 55.4 Å². The predicted octanol–water partition coefficient (Wildman–Crippen LogP) is 3.48. The number of amides is 1. The van der Waals surface area contributed by atoms with Gasteiger partial charge >= 0.3 is 5.97 Å². The van der Waals surface area contributed by atoms with E-state index < -0.39 is 5.97 Å². The molecule has 0 saturated carbocycles. The van der Waals surface area contributed by atoms with Crippen molar-refractivity contribution in [3.63, 3.8) is 0 Å². The minimum Gasteiger partial charge on any atom is -0.452 e. The van der Waals surface area contributed by atoms with Gasteiger partial charge in [0, 0.05) is 4.47 Å². The number of esters is 1. The highest BCUT2D eigenvalue weighted by molar-refractivity contribution is 9.10. The van der Waals surface area contributed by atoms with Gasteiger partial charge in [0.05, 0.1) is 11.6 Å². The zero-order valence-electron chi connectivity index (χ0n) is 12.1. The Hall–Kier alpha value is -2.14. The SMILES string of the molecule is CC(NC(=O)COC(=O)c1ccc(Br)cc1)c1ccccc1. The molecule has 0 aliphatic heterocycles. The van der Waals surface area contributed by atoms with E-state index in [0.29, 0.717) is 5.56 Å². The van der Waals surface area contributed by atoms with E-state index in [1.165, 1.54) is 0 Å². The molecule has 0 aromatic heterocycles. The second kappa shape index (κ2) is 7.75. The fourth-order valence-electron chi connectivity index (χ4n) is 1.91. The van der Waals surface area contributed by atoms with E-state index in [4.69, 9.17) is 4.74 Å². The molecule has 0 aliphatic carbocycles. The normalized spacial score (nSPS) is 11.5. The van der Waals surface area contributed by atoms with E-state index in [2.05, 4.69) is 21.2 Å². The first-order valence-corrected chi connectivity index (χ1v) is 7.62. The van der Waals surface area contributed by atoms with Crippen LogP contribution < -0.4 is 5.32 Å². The van der Waals surface area contributed by atoms with Crippen molar-refractivity contribution >= 4 is 27.8 Å². The highest BCUT2D eigenvalue weighted by atomic mass is 79.9. The third kappa shape index (κ3) is 4.70. The molecule has 5 heteroatoms. The number of carbonyl (C=O) groups excluding carboxylic acids is 2. The molecule has 22 heavy (non-hydrogen) atoms. The Morgan fingerprint density at radius 1 is 1.09 bits per heavy atom. The van der Waals surface area contributed by atoms with Crippen molar-refractivity contribution < 1.29 is 14.3 Å². The summed E-state index contributed by atoms with van der Waals surface area (Å²) in [6, 6.07) is 16.2. The molecule has 1 N–H and O–H groups in total. The van der Waals surface area contributed by atoms with Crippen LogP contribution in [0.25, 0.3) is 0 Å². The lowest BCUT2D eigenvalue weighted by Crippen LogP contribution is -2.31. The van der Waals surface area contributed by atoms with Gasteiger partial charge in [0.25, 0.3) is 5.91 Å². The van der Waals surface area contributed by atoms with Crippen LogP contribution in [0.5, 0.6) is 0 Å². The Labute approximate surface area is 137 Å². The summed E-state index contributed by atoms with van der Waals surface area (Å²) in [5.41, 5.74) is 1.40. The number of halogens is 1. The van der Waals surface area contributed by atoms with Gasteiger partial charge in [-0.15, -0.1) is 0 Å². The molecule has 0 heterocycles. The Kier molecular flexibility index (Phi) is 5.72. The fraction of sp³-hybridized carbons (Fsp3) is 0.176. The molecule has 0 bridgehead atoms. The Bertz CT molecular complexity index is 641. The minimum absolute atomic E-state index is 0.139. The Morgan fingerprint density at radius 3 is 2.36 bits per heavy atom. The monoisotopic (exact) mass is 361 g/mol. The van der Waals surface area contributed by atoms with Gasteiger partial charge in [0.15, 0.2) is 6.61 Å². The third-order valence-corrected chi connectivity index (χ3v) is 3.62. The predicted molar refractivity (Wildman–Crippen MR) is 87.4 cm³/mol. The van der Waals surface area contributed by atoms with E-state index >= 15 is 0 Å². The molecule has 114 valence electrons. The summed E-state index contributed by atoms with van der Waals surface area (Å²) in [5, 5.41) is 2.79. The maximum atomic E-state index is 11.8. The maximum Gasteiger partial charge on any atom is 0.338 e. The van der Waals surface area contributed by atoms with Gasteiger partial charge < -0.3 is 10.1 Å². The highest BCUT2D eigenvalue weighted by Crippen LogP contribution is 2.12. The Balaban J connectivity index is 1.82. The summed E-state index contributed by atoms with van der Waals surface area (Å²) in [4.78, 5) is 23.6. The molecule has 2 aromatic rings. The van der Waals surface area contributed by atoms with E-state index in [1.807, 2.05) is 37.3 Å². The van der Waals surface area contributed by atoms with Gasteiger partial charge in [-0.05, 0) is 36.8 Å². The van der Waals surface area contributed by atoms with Gasteiger partial charge in [-0.3, -0.25) is 4.79 Å². The van der Waals surface area contributed by atoms with Crippen LogP contribution in [-0.2, 0) is 9.53 Å². The van der Waals surface area contributed by atoms with E-state index in [0.717, 1.165) is 10.0 Å². The van der Waals surface area contributed by atoms with Crippen molar-refractivity contribution in [2.75, 3.05) is 6.61 Å². The third-order valence-electron chi connectivity index (χ3n) is 3.09. The number of hydrogen-bond acceptors (Lipinski definition) is 3. The maximum absolute atomic E-state index is 11.8. The highest BCUT2D eigenvalue weighted by Gasteiger charge is 2.12. The van der Waals surface area contributed by atoms with Crippen LogP contribution in [-0.4, -0.2) is 18.5 Å². The van der Waals surface area contributed by atoms with Crippen molar-refractivity contribution in [2.24, 2.45) is 0 Å². The summed E-state index contributed by atoms with van der Waals surface area (Å²) < 4.78 is 5.87. The van der Waals surface area contributed by atoms with E-state index in [9.17, 15) is 9.59 Å². The lowest BCUT2D eigenvalue weighted by molar-refractivity contribution is -0.124. The van der Waals surface area contributed by atoms with Gasteiger partial charge in [0.2, 0.25) is 0 Å². The van der Waals surface area contributed by atoms with Crippen LogP contribution in [0.1, 0.15) is 28.9 Å². The van der Waals surface area contributed by atoms with Gasteiger partial charge in [0.1, 0.15) is 0 Å². The molecule has 1 unspecified atom stereocenters. The van der Waals surface area contributed by atoms with E-state index in [1.54, 1.807) is 24.3 Å². The Morgan fingerprint density at radius 2 is 1.73 bits per heavy atom. The van der Waals surface area contributed by atoms with Crippen LogP contribution in [0.2, 0.25) is 0 Å². The molecule has 0 saturated heterocycles. The van der Waals surface area contributed by atoms with Crippen molar-refractivity contribution in [1.29, 1.82) is 0 Å². The number of nitrogens with one attached hydrogen (secondary N) is 1. The summed E-state index contributed by atoms with van der Waals surface area (Å²) >= 11 is 3.29. The molecule has 0 spiro atoms. The molecule has 0 radical (unpaired) electrons. The summed E-state index contributed by atoms with van der Waals surface area (Å²) in [6.07, 6.45) is 0. The summed E-state index contributed by atoms with van der Waals surface area (Å²) in [6.45, 7) is 1.58. The molecule has 4 nitrogen and oxygen atoms in total. The number of rotatable bonds is 5. The molecule has 2 aromatic carbocycles. The number of ether oxygens (including phenoxy) is 1. The van der Waals surface area contributed by atoms with Gasteiger partial charge in [-0.1, -0.05) is 46.3 Å². The average molecular weight is 362 g/mol. The number of hydrogen-bond donors (Lipinski definition) is 1. The lowest BCUT2D eigenvalue weighted by atomic mass is 10.1. The molecule has 1 atom stereocenters. The number of benzene rings is 2. The molecular weight excluding hydrogens is 346 g/mol. The second-order valence-corrected chi connectivity index (χ2v) is 5.70.